The number of methoxy groups -OCH3 is 1. The van der Waals surface area contributed by atoms with Crippen molar-refractivity contribution in [2.75, 3.05) is 19.0 Å². The molecule has 0 fully saturated rings. The van der Waals surface area contributed by atoms with Crippen LogP contribution in [-0.4, -0.2) is 29.7 Å². The third kappa shape index (κ3) is 4.27. The summed E-state index contributed by atoms with van der Waals surface area (Å²) >= 11 is 6.46. The molecule has 0 saturated heterocycles. The van der Waals surface area contributed by atoms with Gasteiger partial charge in [0.25, 0.3) is 0 Å². The van der Waals surface area contributed by atoms with Crippen molar-refractivity contribution in [2.24, 2.45) is 0 Å². The smallest absolute Gasteiger partial charge is 0.310 e. The Balaban J connectivity index is 2.67. The van der Waals surface area contributed by atoms with Crippen LogP contribution in [0.15, 0.2) is 0 Å². The van der Waals surface area contributed by atoms with Crippen LogP contribution >= 0.6 is 23.6 Å². The molecule has 0 saturated carbocycles. The van der Waals surface area contributed by atoms with Crippen LogP contribution in [0.1, 0.15) is 17.5 Å². The number of ether oxygens (including phenoxy) is 1. The van der Waals surface area contributed by atoms with Crippen LogP contribution in [0.4, 0.5) is 5.13 Å². The quantitative estimate of drug-likeness (QED) is 0.640. The molecule has 2 N–H and O–H groups in total. The molecule has 0 aliphatic heterocycles. The SMILES string of the molecule is CCNC(=S)Nc1nc(C)c(CC(=O)OC)s1. The molecule has 1 rings (SSSR count). The van der Waals surface area contributed by atoms with Gasteiger partial charge in [0, 0.05) is 11.4 Å². The molecule has 1 aromatic rings. The van der Waals surface area contributed by atoms with E-state index in [1.807, 2.05) is 13.8 Å². The van der Waals surface area contributed by atoms with Gasteiger partial charge in [0.05, 0.1) is 19.2 Å². The monoisotopic (exact) mass is 273 g/mol. The van der Waals surface area contributed by atoms with Gasteiger partial charge in [-0.1, -0.05) is 0 Å². The summed E-state index contributed by atoms with van der Waals surface area (Å²) < 4.78 is 4.62. The van der Waals surface area contributed by atoms with E-state index < -0.39 is 0 Å². The number of esters is 1. The predicted octanol–water partition coefficient (Wildman–Crippen LogP) is 1.47. The molecule has 5 nitrogen and oxygen atoms in total. The number of aryl methyl sites for hydroxylation is 1. The zero-order chi connectivity index (χ0) is 12.8. The largest absolute Gasteiger partial charge is 0.469 e. The highest BCUT2D eigenvalue weighted by Gasteiger charge is 2.12. The van der Waals surface area contributed by atoms with Gasteiger partial charge >= 0.3 is 5.97 Å². The zero-order valence-electron chi connectivity index (χ0n) is 9.99. The van der Waals surface area contributed by atoms with E-state index in [0.717, 1.165) is 17.1 Å². The van der Waals surface area contributed by atoms with Crippen LogP contribution < -0.4 is 10.6 Å². The van der Waals surface area contributed by atoms with Crippen molar-refractivity contribution in [3.8, 4) is 0 Å². The fraction of sp³-hybridized carbons (Fsp3) is 0.500. The number of nitrogens with zero attached hydrogens (tertiary/aromatic N) is 1. The number of thiocarbonyl (C=S) groups is 1. The van der Waals surface area contributed by atoms with Crippen LogP contribution in [0.3, 0.4) is 0 Å². The maximum Gasteiger partial charge on any atom is 0.310 e. The van der Waals surface area contributed by atoms with Crippen LogP contribution in [0.2, 0.25) is 0 Å². The van der Waals surface area contributed by atoms with Gasteiger partial charge < -0.3 is 15.4 Å². The summed E-state index contributed by atoms with van der Waals surface area (Å²) in [5, 5.41) is 7.16. The molecule has 7 heteroatoms. The number of rotatable bonds is 4. The molecule has 1 heterocycles. The first-order chi connectivity index (χ1) is 8.06. The maximum absolute atomic E-state index is 11.2. The van der Waals surface area contributed by atoms with Crippen LogP contribution in [0, 0.1) is 6.92 Å². The van der Waals surface area contributed by atoms with Crippen molar-refractivity contribution < 1.29 is 9.53 Å². The van der Waals surface area contributed by atoms with E-state index in [9.17, 15) is 4.79 Å². The highest BCUT2D eigenvalue weighted by Crippen LogP contribution is 2.23. The van der Waals surface area contributed by atoms with E-state index in [1.54, 1.807) is 0 Å². The molecular weight excluding hydrogens is 258 g/mol. The highest BCUT2D eigenvalue weighted by molar-refractivity contribution is 7.80. The Morgan fingerprint density at radius 2 is 2.29 bits per heavy atom. The second-order valence-electron chi connectivity index (χ2n) is 3.26. The van der Waals surface area contributed by atoms with E-state index in [0.29, 0.717) is 10.2 Å². The molecule has 17 heavy (non-hydrogen) atoms. The van der Waals surface area contributed by atoms with Crippen molar-refractivity contribution in [1.82, 2.24) is 10.3 Å². The lowest BCUT2D eigenvalue weighted by molar-refractivity contribution is -0.139. The topological polar surface area (TPSA) is 63.2 Å². The minimum Gasteiger partial charge on any atom is -0.469 e. The summed E-state index contributed by atoms with van der Waals surface area (Å²) in [6.07, 6.45) is 0.246. The number of anilines is 1. The second kappa shape index (κ2) is 6.51. The number of nitrogens with one attached hydrogen (secondary N) is 2. The summed E-state index contributed by atoms with van der Waals surface area (Å²) in [6.45, 7) is 4.57. The van der Waals surface area contributed by atoms with Gasteiger partial charge in [-0.25, -0.2) is 4.98 Å². The normalized spacial score (nSPS) is 9.82. The Hall–Kier alpha value is -1.21. The average molecular weight is 273 g/mol. The third-order valence-corrected chi connectivity index (χ3v) is 3.30. The minimum absolute atomic E-state index is 0.246. The van der Waals surface area contributed by atoms with E-state index in [1.165, 1.54) is 18.4 Å². The summed E-state index contributed by atoms with van der Waals surface area (Å²) in [7, 11) is 1.37. The minimum atomic E-state index is -0.266. The number of carbonyl (C=O) groups excluding carboxylic acids is 1. The third-order valence-electron chi connectivity index (χ3n) is 1.98. The second-order valence-corrected chi connectivity index (χ2v) is 4.76. The van der Waals surface area contributed by atoms with E-state index >= 15 is 0 Å². The Morgan fingerprint density at radius 3 is 2.88 bits per heavy atom. The van der Waals surface area contributed by atoms with Crippen molar-refractivity contribution in [3.05, 3.63) is 10.6 Å². The molecule has 0 aromatic carbocycles. The van der Waals surface area contributed by atoms with Gasteiger partial charge in [-0.3, -0.25) is 4.79 Å². The molecule has 0 aliphatic carbocycles. The summed E-state index contributed by atoms with van der Waals surface area (Å²) in [4.78, 5) is 16.3. The fourth-order valence-corrected chi connectivity index (χ4v) is 2.41. The average Bonchev–Trinajstić information content (AvgIpc) is 2.59. The molecule has 1 aromatic heterocycles. The lowest BCUT2D eigenvalue weighted by atomic mass is 10.3. The van der Waals surface area contributed by atoms with Crippen LogP contribution in [-0.2, 0) is 16.0 Å². The lowest BCUT2D eigenvalue weighted by Crippen LogP contribution is -2.27. The molecule has 0 bridgehead atoms. The Kier molecular flexibility index (Phi) is 5.30. The number of thiazole rings is 1. The zero-order valence-corrected chi connectivity index (χ0v) is 11.6. The maximum atomic E-state index is 11.2. The Labute approximate surface area is 110 Å². The van der Waals surface area contributed by atoms with Crippen molar-refractivity contribution in [1.29, 1.82) is 0 Å². The molecule has 0 unspecified atom stereocenters. The van der Waals surface area contributed by atoms with Gasteiger partial charge in [0.2, 0.25) is 0 Å². The first kappa shape index (κ1) is 13.9. The van der Waals surface area contributed by atoms with E-state index in [2.05, 4.69) is 20.4 Å². The first-order valence-electron chi connectivity index (χ1n) is 5.14. The van der Waals surface area contributed by atoms with Crippen LogP contribution in [0.25, 0.3) is 0 Å². The standard InChI is InChI=1S/C10H15N3O2S2/c1-4-11-9(16)13-10-12-6(2)7(17-10)5-8(14)15-3/h4-5H2,1-3H3,(H2,11,12,13,16). The summed E-state index contributed by atoms with van der Waals surface area (Å²) in [6, 6.07) is 0. The molecule has 94 valence electrons. The van der Waals surface area contributed by atoms with Gasteiger partial charge in [-0.2, -0.15) is 0 Å². The molecule has 0 amide bonds. The summed E-state index contributed by atoms with van der Waals surface area (Å²) in [5.41, 5.74) is 0.821. The van der Waals surface area contributed by atoms with Gasteiger partial charge in [0.1, 0.15) is 0 Å². The van der Waals surface area contributed by atoms with Crippen molar-refractivity contribution >= 4 is 39.8 Å². The van der Waals surface area contributed by atoms with Crippen molar-refractivity contribution in [2.45, 2.75) is 20.3 Å². The predicted molar refractivity (Wildman–Crippen MR) is 72.5 cm³/mol. The number of hydrogen-bond donors (Lipinski definition) is 2. The number of hydrogen-bond acceptors (Lipinski definition) is 5. The molecule has 0 aliphatic rings. The lowest BCUT2D eigenvalue weighted by Gasteiger charge is -2.04. The van der Waals surface area contributed by atoms with Gasteiger partial charge in [0.15, 0.2) is 10.2 Å². The Morgan fingerprint density at radius 1 is 1.59 bits per heavy atom. The van der Waals surface area contributed by atoms with Gasteiger partial charge in [-0.15, -0.1) is 11.3 Å². The highest BCUT2D eigenvalue weighted by atomic mass is 32.1. The Bertz CT molecular complexity index is 418. The molecule has 0 atom stereocenters. The van der Waals surface area contributed by atoms with Crippen LogP contribution in [0.5, 0.6) is 0 Å². The fourth-order valence-electron chi connectivity index (χ4n) is 1.15. The summed E-state index contributed by atoms with van der Waals surface area (Å²) in [5.74, 6) is -0.266. The van der Waals surface area contributed by atoms with E-state index in [-0.39, 0.29) is 12.4 Å². The first-order valence-corrected chi connectivity index (χ1v) is 6.37. The molecular formula is C10H15N3O2S2. The van der Waals surface area contributed by atoms with Gasteiger partial charge in [-0.05, 0) is 26.1 Å². The molecule has 0 spiro atoms. The molecule has 0 radical (unpaired) electrons. The van der Waals surface area contributed by atoms with E-state index in [4.69, 9.17) is 12.2 Å². The van der Waals surface area contributed by atoms with Crippen molar-refractivity contribution in [3.63, 3.8) is 0 Å². The number of carbonyl (C=O) groups is 1. The number of aromatic nitrogens is 1.